The summed E-state index contributed by atoms with van der Waals surface area (Å²) in [7, 11) is 3.09. The highest BCUT2D eigenvalue weighted by atomic mass is 16.5. The van der Waals surface area contributed by atoms with E-state index in [1.807, 2.05) is 0 Å². The number of nitrogens with zero attached hydrogens (tertiary/aromatic N) is 4. The minimum absolute atomic E-state index is 0.125. The average molecular weight is 411 g/mol. The zero-order chi connectivity index (χ0) is 21.5. The molecule has 0 aliphatic heterocycles. The van der Waals surface area contributed by atoms with E-state index >= 15 is 0 Å². The topological polar surface area (TPSA) is 117 Å². The van der Waals surface area contributed by atoms with Gasteiger partial charge in [-0.25, -0.2) is 4.79 Å². The summed E-state index contributed by atoms with van der Waals surface area (Å²) in [5.74, 6) is 0.722. The van der Waals surface area contributed by atoms with Gasteiger partial charge in [0.1, 0.15) is 6.54 Å². The first kappa shape index (κ1) is 20.8. The Bertz CT molecular complexity index is 1030. The van der Waals surface area contributed by atoms with Crippen molar-refractivity contribution in [1.29, 1.82) is 0 Å². The molecule has 0 saturated heterocycles. The Hall–Kier alpha value is -3.95. The van der Waals surface area contributed by atoms with Crippen molar-refractivity contribution in [1.82, 2.24) is 20.2 Å². The van der Waals surface area contributed by atoms with Crippen molar-refractivity contribution < 1.29 is 23.8 Å². The van der Waals surface area contributed by atoms with Gasteiger partial charge in [-0.1, -0.05) is 0 Å². The zero-order valence-corrected chi connectivity index (χ0v) is 16.8. The molecule has 3 rings (SSSR count). The Kier molecular flexibility index (Phi) is 6.58. The van der Waals surface area contributed by atoms with Crippen LogP contribution in [0.3, 0.4) is 0 Å². The van der Waals surface area contributed by atoms with Gasteiger partial charge >= 0.3 is 5.97 Å². The number of ether oxygens (including phenoxy) is 3. The number of methoxy groups -OCH3 is 2. The molecule has 0 fully saturated rings. The van der Waals surface area contributed by atoms with E-state index in [1.165, 1.54) is 11.9 Å². The number of esters is 1. The maximum absolute atomic E-state index is 12.3. The predicted octanol–water partition coefficient (Wildman–Crippen LogP) is 2.17. The van der Waals surface area contributed by atoms with Gasteiger partial charge in [0, 0.05) is 11.3 Å². The van der Waals surface area contributed by atoms with Gasteiger partial charge in [0.05, 0.1) is 26.4 Å². The molecule has 30 heavy (non-hydrogen) atoms. The highest BCUT2D eigenvalue weighted by Crippen LogP contribution is 2.30. The Morgan fingerprint density at radius 2 is 1.77 bits per heavy atom. The Morgan fingerprint density at radius 1 is 1.03 bits per heavy atom. The SMILES string of the molecule is CCOC(=O)c1ccc(NC(=O)Cn2nnc(-c3ccc(OC)c(OC)c3)n2)cc1. The summed E-state index contributed by atoms with van der Waals surface area (Å²) in [5, 5.41) is 14.8. The zero-order valence-electron chi connectivity index (χ0n) is 16.8. The van der Waals surface area contributed by atoms with Crippen molar-refractivity contribution in [3.8, 4) is 22.9 Å². The number of aromatic nitrogens is 4. The van der Waals surface area contributed by atoms with Crippen LogP contribution in [-0.4, -0.2) is 52.9 Å². The number of nitrogens with one attached hydrogen (secondary N) is 1. The van der Waals surface area contributed by atoms with Gasteiger partial charge in [-0.05, 0) is 54.6 Å². The number of amides is 1. The Labute approximate surface area is 172 Å². The van der Waals surface area contributed by atoms with E-state index < -0.39 is 5.97 Å². The molecule has 3 aromatic rings. The Morgan fingerprint density at radius 3 is 2.43 bits per heavy atom. The largest absolute Gasteiger partial charge is 0.493 e. The van der Waals surface area contributed by atoms with Crippen molar-refractivity contribution in [3.63, 3.8) is 0 Å². The molecule has 0 bridgehead atoms. The van der Waals surface area contributed by atoms with E-state index in [-0.39, 0.29) is 12.5 Å². The van der Waals surface area contributed by atoms with Gasteiger partial charge in [-0.15, -0.1) is 10.2 Å². The first-order valence-corrected chi connectivity index (χ1v) is 9.11. The lowest BCUT2D eigenvalue weighted by atomic mass is 10.2. The number of anilines is 1. The van der Waals surface area contributed by atoms with Crippen LogP contribution < -0.4 is 14.8 Å². The lowest BCUT2D eigenvalue weighted by Crippen LogP contribution is -2.20. The quantitative estimate of drug-likeness (QED) is 0.561. The average Bonchev–Trinajstić information content (AvgIpc) is 3.22. The molecule has 0 saturated carbocycles. The summed E-state index contributed by atoms with van der Waals surface area (Å²) < 4.78 is 15.4. The smallest absolute Gasteiger partial charge is 0.338 e. The summed E-state index contributed by atoms with van der Waals surface area (Å²) in [6, 6.07) is 11.6. The highest BCUT2D eigenvalue weighted by molar-refractivity contribution is 5.92. The standard InChI is InChI=1S/C20H21N5O5/c1-4-30-20(27)13-5-8-15(9-6-13)21-18(26)12-25-23-19(22-24-25)14-7-10-16(28-2)17(11-14)29-3/h5-11H,4,12H2,1-3H3,(H,21,26). The van der Waals surface area contributed by atoms with E-state index in [2.05, 4.69) is 20.7 Å². The van der Waals surface area contributed by atoms with Crippen LogP contribution in [0, 0.1) is 0 Å². The summed E-state index contributed by atoms with van der Waals surface area (Å²) in [6.07, 6.45) is 0. The molecule has 0 aliphatic carbocycles. The molecule has 10 heteroatoms. The van der Waals surface area contributed by atoms with Crippen LogP contribution >= 0.6 is 0 Å². The van der Waals surface area contributed by atoms with Crippen LogP contribution in [0.2, 0.25) is 0 Å². The molecule has 0 atom stereocenters. The predicted molar refractivity (Wildman–Crippen MR) is 107 cm³/mol. The summed E-state index contributed by atoms with van der Waals surface area (Å²) in [4.78, 5) is 25.1. The molecule has 1 aromatic heterocycles. The van der Waals surface area contributed by atoms with Gasteiger partial charge in [0.25, 0.3) is 0 Å². The number of hydrogen-bond acceptors (Lipinski definition) is 8. The number of rotatable bonds is 8. The fourth-order valence-electron chi connectivity index (χ4n) is 2.63. The van der Waals surface area contributed by atoms with Crippen LogP contribution in [0.4, 0.5) is 5.69 Å². The minimum Gasteiger partial charge on any atom is -0.493 e. The van der Waals surface area contributed by atoms with Crippen LogP contribution in [0.25, 0.3) is 11.4 Å². The van der Waals surface area contributed by atoms with Gasteiger partial charge in [-0.3, -0.25) is 4.79 Å². The first-order valence-electron chi connectivity index (χ1n) is 9.11. The number of carbonyl (C=O) groups excluding carboxylic acids is 2. The van der Waals surface area contributed by atoms with Crippen LogP contribution in [0.1, 0.15) is 17.3 Å². The van der Waals surface area contributed by atoms with Gasteiger partial charge < -0.3 is 19.5 Å². The molecule has 1 heterocycles. The van der Waals surface area contributed by atoms with E-state index in [0.717, 1.165) is 0 Å². The van der Waals surface area contributed by atoms with Crippen LogP contribution in [0.15, 0.2) is 42.5 Å². The van der Waals surface area contributed by atoms with E-state index in [0.29, 0.717) is 40.7 Å². The molecule has 10 nitrogen and oxygen atoms in total. The molecular formula is C20H21N5O5. The molecule has 0 unspecified atom stereocenters. The van der Waals surface area contributed by atoms with E-state index in [1.54, 1.807) is 56.5 Å². The van der Waals surface area contributed by atoms with Crippen molar-refractivity contribution in [2.45, 2.75) is 13.5 Å². The second-order valence-corrected chi connectivity index (χ2v) is 6.06. The fourth-order valence-corrected chi connectivity index (χ4v) is 2.63. The highest BCUT2D eigenvalue weighted by Gasteiger charge is 2.13. The second-order valence-electron chi connectivity index (χ2n) is 6.06. The van der Waals surface area contributed by atoms with E-state index in [9.17, 15) is 9.59 Å². The molecule has 0 aliphatic rings. The number of benzene rings is 2. The third-order valence-electron chi connectivity index (χ3n) is 4.06. The maximum Gasteiger partial charge on any atom is 0.338 e. The number of tetrazole rings is 1. The summed E-state index contributed by atoms with van der Waals surface area (Å²) >= 11 is 0. The minimum atomic E-state index is -0.412. The van der Waals surface area contributed by atoms with Gasteiger partial charge in [0.15, 0.2) is 11.5 Å². The molecule has 1 N–H and O–H groups in total. The number of hydrogen-bond donors (Lipinski definition) is 1. The van der Waals surface area contributed by atoms with E-state index in [4.69, 9.17) is 14.2 Å². The van der Waals surface area contributed by atoms with Crippen molar-refractivity contribution in [2.75, 3.05) is 26.1 Å². The molecule has 0 spiro atoms. The molecule has 0 radical (unpaired) electrons. The van der Waals surface area contributed by atoms with Gasteiger partial charge in [0.2, 0.25) is 11.7 Å². The molecule has 156 valence electrons. The lowest BCUT2D eigenvalue weighted by molar-refractivity contribution is -0.117. The summed E-state index contributed by atoms with van der Waals surface area (Å²) in [5.41, 5.74) is 1.62. The van der Waals surface area contributed by atoms with Crippen molar-refractivity contribution >= 4 is 17.6 Å². The third kappa shape index (κ3) is 4.90. The first-order chi connectivity index (χ1) is 14.5. The molecule has 1 amide bonds. The molecule has 2 aromatic carbocycles. The van der Waals surface area contributed by atoms with Crippen molar-refractivity contribution in [3.05, 3.63) is 48.0 Å². The van der Waals surface area contributed by atoms with Gasteiger partial charge in [-0.2, -0.15) is 4.80 Å². The molecular weight excluding hydrogens is 390 g/mol. The third-order valence-corrected chi connectivity index (χ3v) is 4.06. The van der Waals surface area contributed by atoms with Crippen molar-refractivity contribution in [2.24, 2.45) is 0 Å². The van der Waals surface area contributed by atoms with Crippen LogP contribution in [-0.2, 0) is 16.1 Å². The maximum atomic E-state index is 12.3. The normalized spacial score (nSPS) is 10.4. The Balaban J connectivity index is 1.63. The summed E-state index contributed by atoms with van der Waals surface area (Å²) in [6.45, 7) is 1.91. The number of carbonyl (C=O) groups is 2. The van der Waals surface area contributed by atoms with Crippen LogP contribution in [0.5, 0.6) is 11.5 Å². The monoisotopic (exact) mass is 411 g/mol. The lowest BCUT2D eigenvalue weighted by Gasteiger charge is -2.07. The second kappa shape index (κ2) is 9.50. The fraction of sp³-hybridized carbons (Fsp3) is 0.250.